The van der Waals surface area contributed by atoms with Gasteiger partial charge in [-0.25, -0.2) is 4.68 Å². The van der Waals surface area contributed by atoms with Crippen LogP contribution in [-0.4, -0.2) is 32.6 Å². The Labute approximate surface area is 88.3 Å². The number of rotatable bonds is 6. The van der Waals surface area contributed by atoms with Gasteiger partial charge in [0.25, 0.3) is 0 Å². The lowest BCUT2D eigenvalue weighted by atomic mass is 10.2. The van der Waals surface area contributed by atoms with Crippen molar-refractivity contribution in [2.24, 2.45) is 0 Å². The highest BCUT2D eigenvalue weighted by atomic mass is 16.4. The Hall–Kier alpha value is -1.43. The minimum Gasteiger partial charge on any atom is -0.480 e. The van der Waals surface area contributed by atoms with Crippen molar-refractivity contribution in [3.63, 3.8) is 0 Å². The quantitative estimate of drug-likeness (QED) is 0.714. The summed E-state index contributed by atoms with van der Waals surface area (Å²) in [5.74, 6) is -0.916. The van der Waals surface area contributed by atoms with Gasteiger partial charge in [-0.3, -0.25) is 4.79 Å². The largest absolute Gasteiger partial charge is 0.480 e. The molecule has 2 N–H and O–H groups in total. The number of nitrogens with zero attached hydrogens (tertiary/aromatic N) is 3. The van der Waals surface area contributed by atoms with Gasteiger partial charge < -0.3 is 10.4 Å². The zero-order chi connectivity index (χ0) is 11.3. The van der Waals surface area contributed by atoms with Crippen LogP contribution in [0.15, 0.2) is 6.20 Å². The standard InChI is InChI=1S/C9H16N4O2/c1-3-4-10-7(2)8-5-13(12-11-8)6-9(14)15/h5,7,10H,3-4,6H2,1-2H3,(H,14,15). The second-order valence-corrected chi connectivity index (χ2v) is 3.41. The van der Waals surface area contributed by atoms with E-state index in [2.05, 4.69) is 22.6 Å². The van der Waals surface area contributed by atoms with Gasteiger partial charge in [0.05, 0.1) is 17.9 Å². The molecule has 1 rings (SSSR count). The van der Waals surface area contributed by atoms with E-state index in [1.807, 2.05) is 6.92 Å². The van der Waals surface area contributed by atoms with Crippen LogP contribution in [0.3, 0.4) is 0 Å². The van der Waals surface area contributed by atoms with Gasteiger partial charge >= 0.3 is 5.97 Å². The molecule has 1 heterocycles. The van der Waals surface area contributed by atoms with Crippen LogP contribution in [0.2, 0.25) is 0 Å². The molecule has 0 aliphatic heterocycles. The summed E-state index contributed by atoms with van der Waals surface area (Å²) in [6.07, 6.45) is 2.70. The van der Waals surface area contributed by atoms with Crippen molar-refractivity contribution in [2.75, 3.05) is 6.54 Å². The number of hydrogen-bond donors (Lipinski definition) is 2. The number of aromatic nitrogens is 3. The molecular formula is C9H16N4O2. The van der Waals surface area contributed by atoms with Gasteiger partial charge in [0.2, 0.25) is 0 Å². The summed E-state index contributed by atoms with van der Waals surface area (Å²) in [4.78, 5) is 10.4. The molecule has 1 aromatic rings. The van der Waals surface area contributed by atoms with Crippen LogP contribution in [0.4, 0.5) is 0 Å². The van der Waals surface area contributed by atoms with E-state index in [4.69, 9.17) is 5.11 Å². The van der Waals surface area contributed by atoms with Crippen LogP contribution < -0.4 is 5.32 Å². The molecule has 0 aliphatic rings. The predicted molar refractivity (Wildman–Crippen MR) is 54.4 cm³/mol. The summed E-state index contributed by atoms with van der Waals surface area (Å²) < 4.78 is 1.32. The maximum atomic E-state index is 10.4. The first-order chi connectivity index (χ1) is 7.13. The molecule has 1 aromatic heterocycles. The molecule has 0 bridgehead atoms. The van der Waals surface area contributed by atoms with Gasteiger partial charge in [-0.1, -0.05) is 12.1 Å². The summed E-state index contributed by atoms with van der Waals surface area (Å²) in [5.41, 5.74) is 0.768. The second kappa shape index (κ2) is 5.45. The molecule has 0 spiro atoms. The van der Waals surface area contributed by atoms with Gasteiger partial charge in [0, 0.05) is 0 Å². The molecule has 15 heavy (non-hydrogen) atoms. The first-order valence-electron chi connectivity index (χ1n) is 4.98. The van der Waals surface area contributed by atoms with Crippen molar-refractivity contribution < 1.29 is 9.90 Å². The van der Waals surface area contributed by atoms with E-state index in [0.29, 0.717) is 0 Å². The van der Waals surface area contributed by atoms with E-state index in [0.717, 1.165) is 18.7 Å². The van der Waals surface area contributed by atoms with Crippen molar-refractivity contribution in [1.82, 2.24) is 20.3 Å². The van der Waals surface area contributed by atoms with Gasteiger partial charge in [0.15, 0.2) is 0 Å². The Bertz CT molecular complexity index is 324. The number of carbonyl (C=O) groups is 1. The van der Waals surface area contributed by atoms with Gasteiger partial charge in [-0.05, 0) is 19.9 Å². The molecule has 0 radical (unpaired) electrons. The Balaban J connectivity index is 2.54. The number of nitrogens with one attached hydrogen (secondary N) is 1. The lowest BCUT2D eigenvalue weighted by Gasteiger charge is -2.08. The van der Waals surface area contributed by atoms with Crippen LogP contribution in [0.5, 0.6) is 0 Å². The van der Waals surface area contributed by atoms with E-state index >= 15 is 0 Å². The molecule has 0 amide bonds. The summed E-state index contributed by atoms with van der Waals surface area (Å²) in [7, 11) is 0. The SMILES string of the molecule is CCCNC(C)c1cn(CC(=O)O)nn1. The fourth-order valence-electron chi connectivity index (χ4n) is 1.19. The zero-order valence-electron chi connectivity index (χ0n) is 8.97. The maximum absolute atomic E-state index is 10.4. The van der Waals surface area contributed by atoms with Crippen molar-refractivity contribution in [3.8, 4) is 0 Å². The van der Waals surface area contributed by atoms with Gasteiger partial charge in [-0.15, -0.1) is 5.10 Å². The summed E-state index contributed by atoms with van der Waals surface area (Å²) in [5, 5.41) is 19.4. The average molecular weight is 212 g/mol. The fourth-order valence-corrected chi connectivity index (χ4v) is 1.19. The molecule has 1 unspecified atom stereocenters. The third-order valence-corrected chi connectivity index (χ3v) is 2.00. The van der Waals surface area contributed by atoms with Gasteiger partial charge in [0.1, 0.15) is 6.54 Å². The predicted octanol–water partition coefficient (Wildman–Crippen LogP) is 0.423. The van der Waals surface area contributed by atoms with Gasteiger partial charge in [-0.2, -0.15) is 0 Å². The second-order valence-electron chi connectivity index (χ2n) is 3.41. The van der Waals surface area contributed by atoms with E-state index < -0.39 is 5.97 Å². The number of hydrogen-bond acceptors (Lipinski definition) is 4. The van der Waals surface area contributed by atoms with E-state index in [1.165, 1.54) is 4.68 Å². The normalized spacial score (nSPS) is 12.7. The highest BCUT2D eigenvalue weighted by Gasteiger charge is 2.09. The van der Waals surface area contributed by atoms with E-state index in [9.17, 15) is 4.79 Å². The van der Waals surface area contributed by atoms with Crippen LogP contribution in [0, 0.1) is 0 Å². The molecule has 0 fully saturated rings. The molecule has 0 aromatic carbocycles. The van der Waals surface area contributed by atoms with Crippen LogP contribution >= 0.6 is 0 Å². The molecule has 6 heteroatoms. The lowest BCUT2D eigenvalue weighted by molar-refractivity contribution is -0.137. The van der Waals surface area contributed by atoms with Crippen molar-refractivity contribution in [3.05, 3.63) is 11.9 Å². The Morgan fingerprint density at radius 3 is 3.07 bits per heavy atom. The number of carboxylic acid groups (broad SMARTS) is 1. The van der Waals surface area contributed by atoms with E-state index in [-0.39, 0.29) is 12.6 Å². The molecule has 0 saturated carbocycles. The third-order valence-electron chi connectivity index (χ3n) is 2.00. The Kier molecular flexibility index (Phi) is 4.23. The number of aliphatic carboxylic acids is 1. The van der Waals surface area contributed by atoms with Crippen LogP contribution in [-0.2, 0) is 11.3 Å². The smallest absolute Gasteiger partial charge is 0.325 e. The Morgan fingerprint density at radius 2 is 2.47 bits per heavy atom. The summed E-state index contributed by atoms with van der Waals surface area (Å²) in [6, 6.07) is 0.104. The highest BCUT2D eigenvalue weighted by molar-refractivity contribution is 5.66. The molecule has 0 saturated heterocycles. The molecule has 1 atom stereocenters. The molecular weight excluding hydrogens is 196 g/mol. The fraction of sp³-hybridized carbons (Fsp3) is 0.667. The third kappa shape index (κ3) is 3.67. The maximum Gasteiger partial charge on any atom is 0.325 e. The van der Waals surface area contributed by atoms with Crippen molar-refractivity contribution in [2.45, 2.75) is 32.9 Å². The average Bonchev–Trinajstić information content (AvgIpc) is 2.61. The number of carboxylic acids is 1. The molecule has 84 valence electrons. The lowest BCUT2D eigenvalue weighted by Crippen LogP contribution is -2.19. The highest BCUT2D eigenvalue weighted by Crippen LogP contribution is 2.07. The first-order valence-corrected chi connectivity index (χ1v) is 4.98. The Morgan fingerprint density at radius 1 is 1.73 bits per heavy atom. The van der Waals surface area contributed by atoms with Crippen molar-refractivity contribution >= 4 is 5.97 Å². The topological polar surface area (TPSA) is 80.0 Å². The summed E-state index contributed by atoms with van der Waals surface area (Å²) in [6.45, 7) is 4.83. The first kappa shape index (κ1) is 11.6. The molecule has 0 aliphatic carbocycles. The van der Waals surface area contributed by atoms with Crippen LogP contribution in [0.1, 0.15) is 32.0 Å². The van der Waals surface area contributed by atoms with E-state index in [1.54, 1.807) is 6.20 Å². The van der Waals surface area contributed by atoms with Crippen molar-refractivity contribution in [1.29, 1.82) is 0 Å². The summed E-state index contributed by atoms with van der Waals surface area (Å²) >= 11 is 0. The van der Waals surface area contributed by atoms with Crippen LogP contribution in [0.25, 0.3) is 0 Å². The molecule has 6 nitrogen and oxygen atoms in total. The monoisotopic (exact) mass is 212 g/mol. The zero-order valence-corrected chi connectivity index (χ0v) is 8.97. The minimum atomic E-state index is -0.916. The minimum absolute atomic E-state index is 0.104.